The first-order chi connectivity index (χ1) is 15.0. The maximum Gasteiger partial charge on any atom is 0.332 e. The summed E-state index contributed by atoms with van der Waals surface area (Å²) in [6.45, 7) is 3.21. The van der Waals surface area contributed by atoms with Crippen molar-refractivity contribution in [3.63, 3.8) is 0 Å². The molecule has 31 heavy (non-hydrogen) atoms. The van der Waals surface area contributed by atoms with E-state index < -0.39 is 11.2 Å². The SMILES string of the molecule is CCCCCn1c(=O)n(CCCCC(=O)NCc2cccnc2)c(=O)c2[nH]c(Cl)nc21. The quantitative estimate of drug-likeness (QED) is 0.347. The molecule has 0 fully saturated rings. The second-order valence-corrected chi connectivity index (χ2v) is 7.78. The number of aromatic amines is 1. The third kappa shape index (κ3) is 5.81. The van der Waals surface area contributed by atoms with Crippen molar-refractivity contribution in [2.75, 3.05) is 0 Å². The minimum absolute atomic E-state index is 0.0796. The number of aromatic nitrogens is 5. The Kier molecular flexibility index (Phi) is 8.00. The van der Waals surface area contributed by atoms with Crippen LogP contribution in [0.1, 0.15) is 51.0 Å². The van der Waals surface area contributed by atoms with Crippen LogP contribution in [-0.2, 0) is 24.4 Å². The molecule has 166 valence electrons. The van der Waals surface area contributed by atoms with E-state index in [4.69, 9.17) is 11.6 Å². The van der Waals surface area contributed by atoms with E-state index in [1.54, 1.807) is 12.4 Å². The summed E-state index contributed by atoms with van der Waals surface area (Å²) in [6.07, 6.45) is 7.58. The predicted octanol–water partition coefficient (Wildman–Crippen LogP) is 2.61. The highest BCUT2D eigenvalue weighted by atomic mass is 35.5. The molecule has 3 rings (SSSR count). The van der Waals surface area contributed by atoms with Crippen molar-refractivity contribution >= 4 is 28.7 Å². The lowest BCUT2D eigenvalue weighted by Gasteiger charge is -2.11. The summed E-state index contributed by atoms with van der Waals surface area (Å²) in [5.74, 6) is -0.0796. The number of hydrogen-bond donors (Lipinski definition) is 2. The van der Waals surface area contributed by atoms with Crippen LogP contribution in [0.4, 0.5) is 0 Å². The van der Waals surface area contributed by atoms with Crippen molar-refractivity contribution in [1.82, 2.24) is 29.4 Å². The van der Waals surface area contributed by atoms with Crippen LogP contribution < -0.4 is 16.6 Å². The van der Waals surface area contributed by atoms with E-state index in [0.717, 1.165) is 24.8 Å². The Bertz CT molecular complexity index is 1140. The fourth-order valence-electron chi connectivity index (χ4n) is 3.40. The summed E-state index contributed by atoms with van der Waals surface area (Å²) in [6, 6.07) is 3.71. The van der Waals surface area contributed by atoms with Crippen molar-refractivity contribution in [1.29, 1.82) is 0 Å². The van der Waals surface area contributed by atoms with Crippen LogP contribution in [0, 0.1) is 0 Å². The highest BCUT2D eigenvalue weighted by Gasteiger charge is 2.16. The molecule has 0 aliphatic carbocycles. The van der Waals surface area contributed by atoms with E-state index >= 15 is 0 Å². The number of nitrogens with zero attached hydrogens (tertiary/aromatic N) is 4. The number of carbonyl (C=O) groups is 1. The van der Waals surface area contributed by atoms with Gasteiger partial charge in [-0.3, -0.25) is 23.7 Å². The largest absolute Gasteiger partial charge is 0.352 e. The molecule has 0 saturated heterocycles. The van der Waals surface area contributed by atoms with Gasteiger partial charge < -0.3 is 10.3 Å². The van der Waals surface area contributed by atoms with Gasteiger partial charge in [-0.05, 0) is 42.5 Å². The van der Waals surface area contributed by atoms with Gasteiger partial charge in [0.05, 0.1) is 0 Å². The number of imidazole rings is 1. The number of pyridine rings is 1. The minimum atomic E-state index is -0.438. The lowest BCUT2D eigenvalue weighted by atomic mass is 10.2. The Hall–Kier alpha value is -2.94. The smallest absolute Gasteiger partial charge is 0.332 e. The number of nitrogens with one attached hydrogen (secondary N) is 2. The van der Waals surface area contributed by atoms with Gasteiger partial charge in [0.25, 0.3) is 5.56 Å². The summed E-state index contributed by atoms with van der Waals surface area (Å²) in [5, 5.41) is 2.93. The molecule has 0 aliphatic rings. The number of rotatable bonds is 11. The van der Waals surface area contributed by atoms with Crippen LogP contribution in [0.15, 0.2) is 34.1 Å². The maximum absolute atomic E-state index is 12.9. The van der Waals surface area contributed by atoms with Crippen LogP contribution in [-0.4, -0.2) is 30.0 Å². The zero-order valence-electron chi connectivity index (χ0n) is 17.6. The van der Waals surface area contributed by atoms with E-state index in [9.17, 15) is 14.4 Å². The first-order valence-corrected chi connectivity index (χ1v) is 10.9. The van der Waals surface area contributed by atoms with Gasteiger partial charge in [0, 0.05) is 38.4 Å². The average molecular weight is 447 g/mol. The molecule has 0 unspecified atom stereocenters. The molecule has 10 heteroatoms. The fourth-order valence-corrected chi connectivity index (χ4v) is 3.58. The van der Waals surface area contributed by atoms with Crippen molar-refractivity contribution < 1.29 is 4.79 Å². The number of fused-ring (bicyclic) bond motifs is 1. The second kappa shape index (κ2) is 10.9. The zero-order valence-corrected chi connectivity index (χ0v) is 18.3. The summed E-state index contributed by atoms with van der Waals surface area (Å²) in [7, 11) is 0. The molecule has 3 aromatic heterocycles. The molecule has 1 amide bonds. The van der Waals surface area contributed by atoms with Crippen LogP contribution in [0.2, 0.25) is 5.28 Å². The number of carbonyl (C=O) groups excluding carboxylic acids is 1. The van der Waals surface area contributed by atoms with Gasteiger partial charge in [-0.25, -0.2) is 4.79 Å². The number of H-pyrrole nitrogens is 1. The third-order valence-corrected chi connectivity index (χ3v) is 5.24. The monoisotopic (exact) mass is 446 g/mol. The molecule has 0 spiro atoms. The molecule has 2 N–H and O–H groups in total. The van der Waals surface area contributed by atoms with Gasteiger partial charge >= 0.3 is 5.69 Å². The molecule has 0 saturated carbocycles. The van der Waals surface area contributed by atoms with E-state index in [2.05, 4.69) is 27.2 Å². The van der Waals surface area contributed by atoms with Crippen LogP contribution in [0.5, 0.6) is 0 Å². The standard InChI is InChI=1S/C21H27ClN6O3/c1-2-3-5-11-27-18-17(25-20(22)26-18)19(30)28(21(27)31)12-6-4-9-16(29)24-14-15-8-7-10-23-13-15/h7-8,10,13H,2-6,9,11-12,14H2,1H3,(H,24,29)(H,25,26). The fraction of sp³-hybridized carbons (Fsp3) is 0.476. The lowest BCUT2D eigenvalue weighted by Crippen LogP contribution is -2.40. The molecular formula is C21H27ClN6O3. The molecule has 3 aromatic rings. The first-order valence-electron chi connectivity index (χ1n) is 10.6. The van der Waals surface area contributed by atoms with E-state index in [1.165, 1.54) is 9.13 Å². The Labute approximate surface area is 184 Å². The van der Waals surface area contributed by atoms with Gasteiger partial charge in [-0.15, -0.1) is 0 Å². The number of hydrogen-bond acceptors (Lipinski definition) is 5. The van der Waals surface area contributed by atoms with Crippen molar-refractivity contribution in [3.05, 3.63) is 56.2 Å². The molecule has 0 atom stereocenters. The Balaban J connectivity index is 1.62. The van der Waals surface area contributed by atoms with Crippen molar-refractivity contribution in [2.24, 2.45) is 0 Å². The maximum atomic E-state index is 12.9. The summed E-state index contributed by atoms with van der Waals surface area (Å²) >= 11 is 5.95. The van der Waals surface area contributed by atoms with E-state index in [1.807, 2.05) is 12.1 Å². The van der Waals surface area contributed by atoms with Gasteiger partial charge in [0.2, 0.25) is 11.2 Å². The van der Waals surface area contributed by atoms with Gasteiger partial charge in [-0.1, -0.05) is 25.8 Å². The Morgan fingerprint density at radius 1 is 1.16 bits per heavy atom. The normalized spacial score (nSPS) is 11.2. The van der Waals surface area contributed by atoms with Gasteiger partial charge in [0.1, 0.15) is 0 Å². The first kappa shape index (κ1) is 22.7. The highest BCUT2D eigenvalue weighted by Crippen LogP contribution is 2.11. The molecule has 0 aromatic carbocycles. The van der Waals surface area contributed by atoms with E-state index in [0.29, 0.717) is 38.0 Å². The molecule has 0 radical (unpaired) electrons. The van der Waals surface area contributed by atoms with Crippen LogP contribution in [0.3, 0.4) is 0 Å². The Morgan fingerprint density at radius 3 is 2.68 bits per heavy atom. The Morgan fingerprint density at radius 2 is 1.94 bits per heavy atom. The number of halogens is 1. The molecular weight excluding hydrogens is 420 g/mol. The molecule has 9 nitrogen and oxygen atoms in total. The second-order valence-electron chi connectivity index (χ2n) is 7.42. The van der Waals surface area contributed by atoms with Crippen molar-refractivity contribution in [3.8, 4) is 0 Å². The topological polar surface area (TPSA) is 115 Å². The molecule has 0 aliphatic heterocycles. The zero-order chi connectivity index (χ0) is 22.2. The lowest BCUT2D eigenvalue weighted by molar-refractivity contribution is -0.121. The number of amides is 1. The predicted molar refractivity (Wildman–Crippen MR) is 119 cm³/mol. The highest BCUT2D eigenvalue weighted by molar-refractivity contribution is 6.28. The van der Waals surface area contributed by atoms with Gasteiger partial charge in [0.15, 0.2) is 11.2 Å². The summed E-state index contributed by atoms with van der Waals surface area (Å²) < 4.78 is 2.71. The van der Waals surface area contributed by atoms with E-state index in [-0.39, 0.29) is 23.3 Å². The summed E-state index contributed by atoms with van der Waals surface area (Å²) in [4.78, 5) is 48.6. The minimum Gasteiger partial charge on any atom is -0.352 e. The average Bonchev–Trinajstić information content (AvgIpc) is 3.16. The van der Waals surface area contributed by atoms with Crippen LogP contribution >= 0.6 is 11.6 Å². The van der Waals surface area contributed by atoms with Crippen LogP contribution in [0.25, 0.3) is 11.2 Å². The number of unbranched alkanes of at least 4 members (excludes halogenated alkanes) is 3. The summed E-state index contributed by atoms with van der Waals surface area (Å²) in [5.41, 5.74) is 0.625. The van der Waals surface area contributed by atoms with Gasteiger partial charge in [-0.2, -0.15) is 4.98 Å². The molecule has 0 bridgehead atoms. The molecule has 3 heterocycles. The van der Waals surface area contributed by atoms with Crippen molar-refractivity contribution in [2.45, 2.75) is 65.1 Å². The third-order valence-electron chi connectivity index (χ3n) is 5.07. The number of aryl methyl sites for hydroxylation is 1.